The first-order valence-corrected chi connectivity index (χ1v) is 11.2. The van der Waals surface area contributed by atoms with Crippen molar-refractivity contribution in [3.63, 3.8) is 0 Å². The molecule has 4 rings (SSSR count). The highest BCUT2D eigenvalue weighted by Gasteiger charge is 2.50. The van der Waals surface area contributed by atoms with Gasteiger partial charge in [-0.2, -0.15) is 0 Å². The van der Waals surface area contributed by atoms with Crippen molar-refractivity contribution in [3.05, 3.63) is 65.7 Å². The summed E-state index contributed by atoms with van der Waals surface area (Å²) in [6.07, 6.45) is -2.61. The summed E-state index contributed by atoms with van der Waals surface area (Å²) in [7, 11) is -2.37. The highest BCUT2D eigenvalue weighted by atomic mass is 32.2. The number of nitrogens with two attached hydrogens (primary N) is 1. The molecule has 2 aromatic carbocycles. The fourth-order valence-corrected chi connectivity index (χ4v) is 5.02. The lowest BCUT2D eigenvalue weighted by Gasteiger charge is -2.48. The molecule has 2 aliphatic rings. The van der Waals surface area contributed by atoms with Gasteiger partial charge in [-0.15, -0.1) is 0 Å². The van der Waals surface area contributed by atoms with Crippen LogP contribution < -0.4 is 10.5 Å². The maximum Gasteiger partial charge on any atom is 0.240 e. The molecule has 2 heterocycles. The summed E-state index contributed by atoms with van der Waals surface area (Å²) >= 11 is 0. The Kier molecular flexibility index (Phi) is 6.21. The second-order valence-electron chi connectivity index (χ2n) is 7.49. The van der Waals surface area contributed by atoms with E-state index in [0.29, 0.717) is 0 Å². The van der Waals surface area contributed by atoms with E-state index in [1.54, 1.807) is 24.3 Å². The monoisotopic (exact) mass is 434 g/mol. The highest BCUT2D eigenvalue weighted by Crippen LogP contribution is 2.34. The Morgan fingerprint density at radius 1 is 1.07 bits per heavy atom. The Balaban J connectivity index is 1.61. The van der Waals surface area contributed by atoms with Gasteiger partial charge in [0, 0.05) is 12.7 Å². The molecule has 0 radical (unpaired) electrons. The van der Waals surface area contributed by atoms with Crippen molar-refractivity contribution in [2.24, 2.45) is 5.73 Å². The summed E-state index contributed by atoms with van der Waals surface area (Å²) < 4.78 is 52.0. The molecule has 3 N–H and O–H groups in total. The highest BCUT2D eigenvalue weighted by molar-refractivity contribution is 7.89. The lowest BCUT2D eigenvalue weighted by Crippen LogP contribution is -2.69. The van der Waals surface area contributed by atoms with Crippen molar-refractivity contribution >= 4 is 10.0 Å². The Bertz CT molecular complexity index is 953. The molecule has 1 unspecified atom stereocenters. The van der Waals surface area contributed by atoms with Crippen molar-refractivity contribution < 1.29 is 27.4 Å². The zero-order valence-corrected chi connectivity index (χ0v) is 17.6. The van der Waals surface area contributed by atoms with Gasteiger partial charge < -0.3 is 24.7 Å². The predicted molar refractivity (Wildman–Crippen MR) is 109 cm³/mol. The van der Waals surface area contributed by atoms with E-state index in [0.717, 1.165) is 11.1 Å². The number of methoxy groups -OCH3 is 1. The fraction of sp³-hybridized carbons (Fsp3) is 0.429. The van der Waals surface area contributed by atoms with Crippen molar-refractivity contribution in [2.75, 3.05) is 13.7 Å². The van der Waals surface area contributed by atoms with Gasteiger partial charge in [-0.3, -0.25) is 0 Å². The van der Waals surface area contributed by atoms with Gasteiger partial charge >= 0.3 is 0 Å². The minimum Gasteiger partial charge on any atom is -0.354 e. The maximum atomic E-state index is 13.0. The molecule has 30 heavy (non-hydrogen) atoms. The Morgan fingerprint density at radius 3 is 2.43 bits per heavy atom. The van der Waals surface area contributed by atoms with Crippen LogP contribution in [0.25, 0.3) is 0 Å². The van der Waals surface area contributed by atoms with Crippen molar-refractivity contribution in [1.82, 2.24) is 4.72 Å². The van der Waals surface area contributed by atoms with Gasteiger partial charge in [0.2, 0.25) is 10.0 Å². The zero-order valence-electron chi connectivity index (χ0n) is 16.8. The third kappa shape index (κ3) is 4.28. The molecule has 0 saturated carbocycles. The molecule has 0 amide bonds. The molecule has 0 aromatic heterocycles. The molecule has 0 aliphatic carbocycles. The standard InChI is InChI=1S/C21H26N2O6S/c1-13-8-10-15(11-9-13)30(24,25)23-18-17(22)21(26-2)28-16-12-27-20(29-19(16)18)14-6-4-3-5-7-14/h3-11,16-21,23H,12,22H2,1-2H3/t16-,17-,18-,19-,20?,21+/m1/s1. The number of aryl methyl sites for hydroxylation is 1. The predicted octanol–water partition coefficient (Wildman–Crippen LogP) is 1.45. The van der Waals surface area contributed by atoms with Crippen LogP contribution >= 0.6 is 0 Å². The molecule has 8 nitrogen and oxygen atoms in total. The van der Waals surface area contributed by atoms with E-state index in [1.165, 1.54) is 7.11 Å². The van der Waals surface area contributed by atoms with Gasteiger partial charge in [0.15, 0.2) is 12.6 Å². The number of sulfonamides is 1. The van der Waals surface area contributed by atoms with E-state index in [1.807, 2.05) is 37.3 Å². The molecule has 2 aliphatic heterocycles. The normalized spacial score (nSPS) is 31.8. The van der Waals surface area contributed by atoms with E-state index in [4.69, 9.17) is 24.7 Å². The Hall–Kier alpha value is -1.85. The van der Waals surface area contributed by atoms with Gasteiger partial charge in [-0.1, -0.05) is 48.0 Å². The summed E-state index contributed by atoms with van der Waals surface area (Å²) in [5.41, 5.74) is 8.14. The molecule has 162 valence electrons. The van der Waals surface area contributed by atoms with E-state index >= 15 is 0 Å². The van der Waals surface area contributed by atoms with Crippen molar-refractivity contribution in [2.45, 2.75) is 48.7 Å². The number of ether oxygens (including phenoxy) is 4. The van der Waals surface area contributed by atoms with Crippen LogP contribution in [0.5, 0.6) is 0 Å². The van der Waals surface area contributed by atoms with Crippen LogP contribution in [0.1, 0.15) is 17.4 Å². The average molecular weight is 435 g/mol. The van der Waals surface area contributed by atoms with Gasteiger partial charge in [0.1, 0.15) is 12.2 Å². The number of hydrogen-bond donors (Lipinski definition) is 2. The Morgan fingerprint density at radius 2 is 1.77 bits per heavy atom. The third-order valence-electron chi connectivity index (χ3n) is 5.38. The molecule has 9 heteroatoms. The lowest BCUT2D eigenvalue weighted by atomic mass is 9.94. The summed E-state index contributed by atoms with van der Waals surface area (Å²) in [5.74, 6) is 0. The van der Waals surface area contributed by atoms with Crippen LogP contribution in [0.3, 0.4) is 0 Å². The molecule has 2 fully saturated rings. The molecule has 6 atom stereocenters. The first-order valence-electron chi connectivity index (χ1n) is 9.74. The molecular formula is C21H26N2O6S. The minimum atomic E-state index is -3.84. The largest absolute Gasteiger partial charge is 0.354 e. The Labute approximate surface area is 176 Å². The summed E-state index contributed by atoms with van der Waals surface area (Å²) in [4.78, 5) is 0.156. The number of rotatable bonds is 5. The number of benzene rings is 2. The van der Waals surface area contributed by atoms with Crippen LogP contribution in [-0.2, 0) is 29.0 Å². The summed E-state index contributed by atoms with van der Waals surface area (Å²) in [5, 5.41) is 0. The SMILES string of the molecule is CO[C@H]1O[C@@H]2COC(c3ccccc3)O[C@H]2[C@H](NS(=O)(=O)c2ccc(C)cc2)[C@H]1N. The van der Waals surface area contributed by atoms with Crippen molar-refractivity contribution in [1.29, 1.82) is 0 Å². The zero-order chi connectivity index (χ0) is 21.3. The van der Waals surface area contributed by atoms with Gasteiger partial charge in [-0.25, -0.2) is 13.1 Å². The number of fused-ring (bicyclic) bond motifs is 1. The minimum absolute atomic E-state index is 0.156. The van der Waals surface area contributed by atoms with Crippen LogP contribution in [0, 0.1) is 6.92 Å². The fourth-order valence-electron chi connectivity index (χ4n) is 3.74. The second kappa shape index (κ2) is 8.72. The quantitative estimate of drug-likeness (QED) is 0.733. The molecular weight excluding hydrogens is 408 g/mol. The topological polar surface area (TPSA) is 109 Å². The number of nitrogens with one attached hydrogen (secondary N) is 1. The van der Waals surface area contributed by atoms with Crippen LogP contribution in [0.4, 0.5) is 0 Å². The van der Waals surface area contributed by atoms with Crippen molar-refractivity contribution in [3.8, 4) is 0 Å². The average Bonchev–Trinajstić information content (AvgIpc) is 2.76. The first kappa shape index (κ1) is 21.4. The summed E-state index contributed by atoms with van der Waals surface area (Å²) in [6, 6.07) is 14.5. The van der Waals surface area contributed by atoms with Crippen LogP contribution in [0.15, 0.2) is 59.5 Å². The van der Waals surface area contributed by atoms with E-state index in [9.17, 15) is 8.42 Å². The van der Waals surface area contributed by atoms with Gasteiger partial charge in [-0.05, 0) is 19.1 Å². The van der Waals surface area contributed by atoms with E-state index in [2.05, 4.69) is 4.72 Å². The third-order valence-corrected chi connectivity index (χ3v) is 6.85. The van der Waals surface area contributed by atoms with Crippen LogP contribution in [0.2, 0.25) is 0 Å². The van der Waals surface area contributed by atoms with E-state index < -0.39 is 46.9 Å². The number of hydrogen-bond acceptors (Lipinski definition) is 7. The lowest BCUT2D eigenvalue weighted by molar-refractivity contribution is -0.322. The van der Waals surface area contributed by atoms with E-state index in [-0.39, 0.29) is 11.5 Å². The van der Waals surface area contributed by atoms with Gasteiger partial charge in [0.25, 0.3) is 0 Å². The smallest absolute Gasteiger partial charge is 0.240 e. The first-order chi connectivity index (χ1) is 14.4. The summed E-state index contributed by atoms with van der Waals surface area (Å²) in [6.45, 7) is 2.12. The van der Waals surface area contributed by atoms with Crippen LogP contribution in [-0.4, -0.2) is 52.7 Å². The second-order valence-corrected chi connectivity index (χ2v) is 9.21. The molecule has 2 aromatic rings. The maximum absolute atomic E-state index is 13.0. The molecule has 2 saturated heterocycles. The van der Waals surface area contributed by atoms with Gasteiger partial charge in [0.05, 0.1) is 23.6 Å². The molecule has 0 spiro atoms. The molecule has 0 bridgehead atoms.